The number of ether oxygens (including phenoxy) is 2. The summed E-state index contributed by atoms with van der Waals surface area (Å²) < 4.78 is 12.7. The fourth-order valence-electron chi connectivity index (χ4n) is 2.53. The number of carbonyl (C=O) groups is 1. The quantitative estimate of drug-likeness (QED) is 0.800. The summed E-state index contributed by atoms with van der Waals surface area (Å²) >= 11 is 3.42. The number of hydrogen-bond donors (Lipinski definition) is 0. The van der Waals surface area contributed by atoms with Crippen LogP contribution in [0.3, 0.4) is 0 Å². The van der Waals surface area contributed by atoms with Crippen LogP contribution >= 0.6 is 15.9 Å². The predicted octanol–water partition coefficient (Wildman–Crippen LogP) is 2.59. The highest BCUT2D eigenvalue weighted by Crippen LogP contribution is 2.40. The van der Waals surface area contributed by atoms with Crippen LogP contribution in [-0.2, 0) is 19.9 Å². The van der Waals surface area contributed by atoms with E-state index in [2.05, 4.69) is 15.9 Å². The number of ketones is 1. The first-order valence-electron chi connectivity index (χ1n) is 5.94. The van der Waals surface area contributed by atoms with Gasteiger partial charge in [0, 0.05) is 10.9 Å². The van der Waals surface area contributed by atoms with Gasteiger partial charge in [0.1, 0.15) is 11.7 Å². The van der Waals surface area contributed by atoms with Gasteiger partial charge in [0.05, 0.1) is 13.2 Å². The summed E-state index contributed by atoms with van der Waals surface area (Å²) in [5.41, 5.74) is 0.423. The predicted molar refractivity (Wildman–Crippen MR) is 70.3 cm³/mol. The summed E-state index contributed by atoms with van der Waals surface area (Å²) in [5.74, 6) is 0.0956. The molecule has 94 valence electrons. The molecule has 1 saturated heterocycles. The number of benzene rings is 1. The van der Waals surface area contributed by atoms with Gasteiger partial charge in [-0.25, -0.2) is 0 Å². The molecule has 18 heavy (non-hydrogen) atoms. The maximum atomic E-state index is 11.5. The number of halogens is 1. The van der Waals surface area contributed by atoms with Crippen molar-refractivity contribution in [3.8, 4) is 0 Å². The van der Waals surface area contributed by atoms with Crippen molar-refractivity contribution in [2.24, 2.45) is 0 Å². The lowest BCUT2D eigenvalue weighted by Gasteiger charge is -2.43. The topological polar surface area (TPSA) is 35.5 Å². The normalized spacial score (nSPS) is 31.2. The van der Waals surface area contributed by atoms with E-state index in [0.29, 0.717) is 19.6 Å². The number of hydrogen-bond acceptors (Lipinski definition) is 3. The van der Waals surface area contributed by atoms with E-state index in [-0.39, 0.29) is 11.9 Å². The molecule has 0 spiro atoms. The number of fused-ring (bicyclic) bond motifs is 1. The third-order valence-electron chi connectivity index (χ3n) is 3.42. The zero-order chi connectivity index (χ0) is 12.6. The zero-order valence-corrected chi connectivity index (χ0v) is 11.4. The monoisotopic (exact) mass is 308 g/mol. The first-order valence-corrected chi connectivity index (χ1v) is 6.74. The lowest BCUT2D eigenvalue weighted by Crippen LogP contribution is -2.50. The molecule has 1 aromatic rings. The molecule has 0 saturated carbocycles. The summed E-state index contributed by atoms with van der Waals surface area (Å²) in [7, 11) is 0. The Balaban J connectivity index is 2.06. The Labute approximate surface area is 114 Å². The standard InChI is InChI=1S/C14H13BrO3/c15-11-3-1-10(2-4-11)14-6-5-12(16)9-13(14)17-7-8-18-14/h1-6,13H,7-9H2/t13-,14-/m0/s1. The molecule has 2 atom stereocenters. The van der Waals surface area contributed by atoms with Gasteiger partial charge in [-0.3, -0.25) is 4.79 Å². The third-order valence-corrected chi connectivity index (χ3v) is 3.95. The SMILES string of the molecule is O=C1C=C[C@@]2(c3ccc(Br)cc3)OCCO[C@H]2C1. The number of rotatable bonds is 1. The van der Waals surface area contributed by atoms with Gasteiger partial charge in [-0.15, -0.1) is 0 Å². The minimum atomic E-state index is -0.604. The summed E-state index contributed by atoms with van der Waals surface area (Å²) in [6.45, 7) is 1.09. The fraction of sp³-hybridized carbons (Fsp3) is 0.357. The van der Waals surface area contributed by atoms with Crippen molar-refractivity contribution in [3.63, 3.8) is 0 Å². The van der Waals surface area contributed by atoms with Gasteiger partial charge in [-0.1, -0.05) is 28.1 Å². The van der Waals surface area contributed by atoms with Crippen molar-refractivity contribution in [2.45, 2.75) is 18.1 Å². The highest BCUT2D eigenvalue weighted by molar-refractivity contribution is 9.10. The van der Waals surface area contributed by atoms with Crippen LogP contribution in [-0.4, -0.2) is 25.1 Å². The van der Waals surface area contributed by atoms with Crippen molar-refractivity contribution in [3.05, 3.63) is 46.5 Å². The molecule has 0 bridgehead atoms. The highest BCUT2D eigenvalue weighted by Gasteiger charge is 2.45. The summed E-state index contributed by atoms with van der Waals surface area (Å²) in [6.07, 6.45) is 3.61. The van der Waals surface area contributed by atoms with Gasteiger partial charge >= 0.3 is 0 Å². The molecule has 2 aliphatic rings. The molecule has 3 nitrogen and oxygen atoms in total. The van der Waals surface area contributed by atoms with E-state index in [1.165, 1.54) is 0 Å². The molecule has 1 aliphatic heterocycles. The van der Waals surface area contributed by atoms with Gasteiger partial charge in [-0.05, 0) is 29.8 Å². The molecule has 3 rings (SSSR count). The minimum Gasteiger partial charge on any atom is -0.372 e. The third kappa shape index (κ3) is 1.94. The Morgan fingerprint density at radius 3 is 2.78 bits per heavy atom. The summed E-state index contributed by atoms with van der Waals surface area (Å²) in [4.78, 5) is 11.5. The van der Waals surface area contributed by atoms with Crippen molar-refractivity contribution >= 4 is 21.7 Å². The Hall–Kier alpha value is -0.970. The molecule has 1 heterocycles. The van der Waals surface area contributed by atoms with Crippen LogP contribution in [0.1, 0.15) is 12.0 Å². The molecule has 0 aromatic heterocycles. The van der Waals surface area contributed by atoms with Crippen molar-refractivity contribution in [1.29, 1.82) is 0 Å². The molecule has 4 heteroatoms. The molecule has 1 aliphatic carbocycles. The zero-order valence-electron chi connectivity index (χ0n) is 9.77. The van der Waals surface area contributed by atoms with Gasteiger partial charge in [-0.2, -0.15) is 0 Å². The number of carbonyl (C=O) groups excluding carboxylic acids is 1. The van der Waals surface area contributed by atoms with Gasteiger partial charge in [0.2, 0.25) is 0 Å². The molecular weight excluding hydrogens is 296 g/mol. The average Bonchev–Trinajstić information content (AvgIpc) is 2.39. The van der Waals surface area contributed by atoms with Crippen molar-refractivity contribution < 1.29 is 14.3 Å². The smallest absolute Gasteiger partial charge is 0.158 e. The van der Waals surface area contributed by atoms with Crippen LogP contribution < -0.4 is 0 Å². The maximum absolute atomic E-state index is 11.5. The minimum absolute atomic E-state index is 0.0956. The Morgan fingerprint density at radius 2 is 2.00 bits per heavy atom. The molecule has 0 radical (unpaired) electrons. The van der Waals surface area contributed by atoms with E-state index in [1.807, 2.05) is 30.3 Å². The molecular formula is C14H13BrO3. The first-order chi connectivity index (χ1) is 8.71. The van der Waals surface area contributed by atoms with Crippen LogP contribution in [0.15, 0.2) is 40.9 Å². The van der Waals surface area contributed by atoms with Crippen molar-refractivity contribution in [2.75, 3.05) is 13.2 Å². The Kier molecular flexibility index (Phi) is 3.09. The molecule has 0 amide bonds. The van der Waals surface area contributed by atoms with Gasteiger partial charge in [0.15, 0.2) is 5.78 Å². The Morgan fingerprint density at radius 1 is 1.22 bits per heavy atom. The summed E-state index contributed by atoms with van der Waals surface area (Å²) in [6, 6.07) is 7.96. The van der Waals surface area contributed by atoms with Crippen LogP contribution in [0, 0.1) is 0 Å². The molecule has 1 fully saturated rings. The molecule has 0 unspecified atom stereocenters. The highest BCUT2D eigenvalue weighted by atomic mass is 79.9. The molecule has 1 aromatic carbocycles. The molecule has 0 N–H and O–H groups in total. The fourth-order valence-corrected chi connectivity index (χ4v) is 2.79. The van der Waals surface area contributed by atoms with Crippen LogP contribution in [0.5, 0.6) is 0 Å². The number of allylic oxidation sites excluding steroid dienone is 1. The summed E-state index contributed by atoms with van der Waals surface area (Å²) in [5, 5.41) is 0. The van der Waals surface area contributed by atoms with Gasteiger partial charge in [0.25, 0.3) is 0 Å². The second-order valence-electron chi connectivity index (χ2n) is 4.51. The van der Waals surface area contributed by atoms with E-state index < -0.39 is 5.60 Å². The lowest BCUT2D eigenvalue weighted by atomic mass is 9.80. The second-order valence-corrected chi connectivity index (χ2v) is 5.43. The van der Waals surface area contributed by atoms with Gasteiger partial charge < -0.3 is 9.47 Å². The van der Waals surface area contributed by atoms with E-state index >= 15 is 0 Å². The van der Waals surface area contributed by atoms with E-state index in [0.717, 1.165) is 10.0 Å². The van der Waals surface area contributed by atoms with E-state index in [4.69, 9.17) is 9.47 Å². The van der Waals surface area contributed by atoms with E-state index in [9.17, 15) is 4.79 Å². The average molecular weight is 309 g/mol. The Bertz CT molecular complexity index is 494. The van der Waals surface area contributed by atoms with E-state index in [1.54, 1.807) is 6.08 Å². The van der Waals surface area contributed by atoms with Crippen LogP contribution in [0.4, 0.5) is 0 Å². The van der Waals surface area contributed by atoms with Crippen LogP contribution in [0.25, 0.3) is 0 Å². The maximum Gasteiger partial charge on any atom is 0.158 e. The second kappa shape index (κ2) is 4.61. The first kappa shape index (κ1) is 12.1. The lowest BCUT2D eigenvalue weighted by molar-refractivity contribution is -0.190. The van der Waals surface area contributed by atoms with Crippen LogP contribution in [0.2, 0.25) is 0 Å². The van der Waals surface area contributed by atoms with Crippen molar-refractivity contribution in [1.82, 2.24) is 0 Å². The largest absolute Gasteiger partial charge is 0.372 e.